The molecule has 2 heterocycles. The Morgan fingerprint density at radius 2 is 1.97 bits per heavy atom. The number of amidine groups is 1. The number of carbonyl (C=O) groups excluding carboxylic acids is 1. The van der Waals surface area contributed by atoms with Gasteiger partial charge in [-0.3, -0.25) is 18.6 Å². The molecule has 2 aromatic carbocycles. The third-order valence-electron chi connectivity index (χ3n) is 5.22. The third kappa shape index (κ3) is 4.48. The first-order chi connectivity index (χ1) is 14.7. The number of nitrogens with one attached hydrogen (secondary N) is 1. The van der Waals surface area contributed by atoms with Crippen LogP contribution in [-0.4, -0.2) is 55.2 Å². The molecular weight excluding hydrogens is 424 g/mol. The van der Waals surface area contributed by atoms with Gasteiger partial charge in [0.2, 0.25) is 0 Å². The van der Waals surface area contributed by atoms with E-state index >= 15 is 0 Å². The van der Waals surface area contributed by atoms with Gasteiger partial charge in [-0.25, -0.2) is 0 Å². The molecule has 11 heteroatoms. The van der Waals surface area contributed by atoms with Gasteiger partial charge in [0.25, 0.3) is 5.91 Å². The van der Waals surface area contributed by atoms with Crippen LogP contribution in [0.3, 0.4) is 0 Å². The van der Waals surface area contributed by atoms with Crippen LogP contribution in [0.5, 0.6) is 17.2 Å². The monoisotopic (exact) mass is 448 g/mol. The first-order valence-corrected chi connectivity index (χ1v) is 11.3. The number of nitrogens with two attached hydrogens (primary N) is 1. The fraction of sp³-hybridized carbons (Fsp3) is 0.300. The number of rotatable bonds is 4. The van der Waals surface area contributed by atoms with Crippen molar-refractivity contribution in [1.29, 1.82) is 0 Å². The topological polar surface area (TPSA) is 161 Å². The number of hydrogen-bond acceptors (Lipinski definition) is 9. The average Bonchev–Trinajstić information content (AvgIpc) is 2.70. The number of fused-ring (bicyclic) bond motifs is 1. The smallest absolute Gasteiger partial charge is 0.254 e. The maximum Gasteiger partial charge on any atom is 0.254 e. The van der Waals surface area contributed by atoms with Crippen molar-refractivity contribution in [3.05, 3.63) is 47.5 Å². The van der Waals surface area contributed by atoms with E-state index in [4.69, 9.17) is 10.5 Å². The molecule has 0 saturated carbocycles. The fourth-order valence-corrected chi connectivity index (χ4v) is 4.74. The minimum Gasteiger partial charge on any atom is -0.508 e. The van der Waals surface area contributed by atoms with Crippen LogP contribution in [0, 0.1) is 0 Å². The average molecular weight is 449 g/mol. The lowest BCUT2D eigenvalue weighted by Gasteiger charge is -2.36. The van der Waals surface area contributed by atoms with Crippen molar-refractivity contribution in [3.63, 3.8) is 0 Å². The van der Waals surface area contributed by atoms with E-state index in [0.717, 1.165) is 19.3 Å². The van der Waals surface area contributed by atoms with Gasteiger partial charge in [-0.2, -0.15) is 0 Å². The Morgan fingerprint density at radius 3 is 2.71 bits per heavy atom. The number of benzene rings is 2. The van der Waals surface area contributed by atoms with Gasteiger partial charge in [0.15, 0.2) is 5.84 Å². The van der Waals surface area contributed by atoms with Crippen LogP contribution in [0.1, 0.15) is 35.2 Å². The van der Waals surface area contributed by atoms with Crippen LogP contribution in [0.15, 0.2) is 40.8 Å². The lowest BCUT2D eigenvalue weighted by Crippen LogP contribution is -2.46. The molecule has 2 aliphatic heterocycles. The summed E-state index contributed by atoms with van der Waals surface area (Å²) in [6.07, 6.45) is 2.51. The normalized spacial score (nSPS) is 20.8. The van der Waals surface area contributed by atoms with Crippen LogP contribution in [0.4, 0.5) is 5.69 Å². The summed E-state index contributed by atoms with van der Waals surface area (Å²) in [7, 11) is -3.39. The van der Waals surface area contributed by atoms with E-state index in [1.807, 2.05) is 0 Å². The standard InChI is InChI=1S/C20H24N4O6S/c21-19-18-16(22-31(28,29)23-19)5-3-6-17(18)30-11-13-4-1-2-7-24(13)20(27)12-8-14(25)10-15(26)9-12/h3,5-6,8-10,13,22,25-26,28-29H,1-2,4,7,11H2,(H2,21,23). The Kier molecular flexibility index (Phi) is 5.56. The Bertz CT molecular complexity index is 1020. The van der Waals surface area contributed by atoms with Gasteiger partial charge in [-0.15, -0.1) is 4.40 Å². The molecule has 4 rings (SSSR count). The van der Waals surface area contributed by atoms with Crippen molar-refractivity contribution < 1.29 is 28.8 Å². The number of piperidine rings is 1. The van der Waals surface area contributed by atoms with Crippen LogP contribution in [-0.2, 0) is 0 Å². The molecule has 1 atom stereocenters. The van der Waals surface area contributed by atoms with Gasteiger partial charge in [-0.1, -0.05) is 6.07 Å². The third-order valence-corrected chi connectivity index (χ3v) is 6.17. The summed E-state index contributed by atoms with van der Waals surface area (Å²) in [5, 5.41) is 19.4. The van der Waals surface area contributed by atoms with E-state index in [1.54, 1.807) is 23.1 Å². The quantitative estimate of drug-likeness (QED) is 0.416. The maximum absolute atomic E-state index is 13.0. The van der Waals surface area contributed by atoms with Gasteiger partial charge in [0.1, 0.15) is 23.9 Å². The summed E-state index contributed by atoms with van der Waals surface area (Å²) >= 11 is 0. The summed E-state index contributed by atoms with van der Waals surface area (Å²) in [6, 6.07) is 8.62. The van der Waals surface area contributed by atoms with Gasteiger partial charge in [0, 0.05) is 18.2 Å². The SMILES string of the molecule is NC1=NS(O)(O)Nc2cccc(OCC3CCCCN3C(=O)c3cc(O)cc(O)c3)c21. The molecule has 2 aromatic rings. The zero-order chi connectivity index (χ0) is 22.2. The molecule has 0 bridgehead atoms. The predicted molar refractivity (Wildman–Crippen MR) is 118 cm³/mol. The van der Waals surface area contributed by atoms with E-state index in [1.165, 1.54) is 18.2 Å². The Balaban J connectivity index is 1.53. The number of nitrogens with zero attached hydrogens (tertiary/aromatic N) is 2. The lowest BCUT2D eigenvalue weighted by atomic mass is 10.0. The molecule has 0 aliphatic carbocycles. The molecule has 7 N–H and O–H groups in total. The largest absolute Gasteiger partial charge is 0.508 e. The van der Waals surface area contributed by atoms with Crippen LogP contribution >= 0.6 is 11.0 Å². The summed E-state index contributed by atoms with van der Waals surface area (Å²) < 4.78 is 31.8. The molecule has 10 nitrogen and oxygen atoms in total. The number of aromatic hydroxyl groups is 2. The zero-order valence-electron chi connectivity index (χ0n) is 16.6. The maximum atomic E-state index is 13.0. The minimum absolute atomic E-state index is 0.0452. The molecule has 0 spiro atoms. The molecule has 1 amide bonds. The number of amides is 1. The van der Waals surface area contributed by atoms with Crippen molar-refractivity contribution >= 4 is 28.4 Å². The summed E-state index contributed by atoms with van der Waals surface area (Å²) in [6.45, 7) is 0.721. The highest BCUT2D eigenvalue weighted by molar-refractivity contribution is 8.24. The van der Waals surface area contributed by atoms with Crippen molar-refractivity contribution in [3.8, 4) is 17.2 Å². The molecule has 1 unspecified atom stereocenters. The fourth-order valence-electron chi connectivity index (χ4n) is 3.87. The molecule has 166 valence electrons. The van der Waals surface area contributed by atoms with E-state index in [2.05, 4.69) is 9.12 Å². The molecule has 31 heavy (non-hydrogen) atoms. The number of anilines is 1. The number of ether oxygens (including phenoxy) is 1. The Labute approximate surface area is 180 Å². The molecule has 1 fully saturated rings. The van der Waals surface area contributed by atoms with E-state index < -0.39 is 11.0 Å². The first-order valence-electron chi connectivity index (χ1n) is 9.75. The molecule has 2 aliphatic rings. The van der Waals surface area contributed by atoms with Crippen molar-refractivity contribution in [2.24, 2.45) is 10.1 Å². The lowest BCUT2D eigenvalue weighted by molar-refractivity contribution is 0.0527. The second-order valence-electron chi connectivity index (χ2n) is 7.47. The minimum atomic E-state index is -3.39. The number of phenolic OH excluding ortho intramolecular Hbond substituents is 2. The second-order valence-corrected chi connectivity index (χ2v) is 8.90. The highest BCUT2D eigenvalue weighted by Gasteiger charge is 2.30. The molecule has 1 saturated heterocycles. The highest BCUT2D eigenvalue weighted by Crippen LogP contribution is 2.46. The van der Waals surface area contributed by atoms with Gasteiger partial charge < -0.3 is 25.6 Å². The van der Waals surface area contributed by atoms with Gasteiger partial charge in [0.05, 0.1) is 17.3 Å². The number of carbonyl (C=O) groups is 1. The zero-order valence-corrected chi connectivity index (χ0v) is 17.4. The number of phenols is 2. The van der Waals surface area contributed by atoms with Crippen molar-refractivity contribution in [2.45, 2.75) is 25.3 Å². The van der Waals surface area contributed by atoms with Crippen LogP contribution in [0.2, 0.25) is 0 Å². The first kappa shape index (κ1) is 21.1. The summed E-state index contributed by atoms with van der Waals surface area (Å²) in [5.41, 5.74) is 6.96. The molecule has 0 aromatic heterocycles. The predicted octanol–water partition coefficient (Wildman–Crippen LogP) is 2.88. The van der Waals surface area contributed by atoms with Crippen LogP contribution in [0.25, 0.3) is 0 Å². The number of hydrogen-bond donors (Lipinski definition) is 6. The second kappa shape index (κ2) is 8.17. The summed E-state index contributed by atoms with van der Waals surface area (Å²) in [4.78, 5) is 14.7. The highest BCUT2D eigenvalue weighted by atomic mass is 32.3. The van der Waals surface area contributed by atoms with E-state index in [-0.39, 0.29) is 41.5 Å². The van der Waals surface area contributed by atoms with Crippen molar-refractivity contribution in [1.82, 2.24) is 4.90 Å². The Morgan fingerprint density at radius 1 is 1.23 bits per heavy atom. The van der Waals surface area contributed by atoms with Crippen molar-refractivity contribution in [2.75, 3.05) is 17.9 Å². The Hall–Kier alpha value is -3.15. The van der Waals surface area contributed by atoms with Gasteiger partial charge >= 0.3 is 0 Å². The number of likely N-dealkylation sites (tertiary alicyclic amines) is 1. The van der Waals surface area contributed by atoms with E-state index in [9.17, 15) is 24.1 Å². The van der Waals surface area contributed by atoms with Crippen LogP contribution < -0.4 is 15.2 Å². The molecular formula is C20H24N4O6S. The molecule has 0 radical (unpaired) electrons. The summed E-state index contributed by atoms with van der Waals surface area (Å²) in [5.74, 6) is -0.300. The van der Waals surface area contributed by atoms with E-state index in [0.29, 0.717) is 23.5 Å². The van der Waals surface area contributed by atoms with Gasteiger partial charge in [-0.05, 0) is 54.5 Å².